The zero-order chi connectivity index (χ0) is 14.1. The van der Waals surface area contributed by atoms with Gasteiger partial charge in [0.25, 0.3) is 0 Å². The summed E-state index contributed by atoms with van der Waals surface area (Å²) in [5, 5.41) is 4.73. The maximum atomic E-state index is 5.82. The van der Waals surface area contributed by atoms with Gasteiger partial charge in [-0.25, -0.2) is 4.68 Å². The second-order valence-electron chi connectivity index (χ2n) is 5.47. The molecule has 0 amide bonds. The minimum atomic E-state index is 0.601. The second-order valence-corrected chi connectivity index (χ2v) is 5.47. The van der Waals surface area contributed by atoms with Crippen molar-refractivity contribution in [3.8, 4) is 11.4 Å². The van der Waals surface area contributed by atoms with Crippen LogP contribution in [-0.4, -0.2) is 23.4 Å². The van der Waals surface area contributed by atoms with Crippen LogP contribution in [0.5, 0.6) is 5.75 Å². The molecule has 1 aromatic heterocycles. The van der Waals surface area contributed by atoms with E-state index in [2.05, 4.69) is 17.7 Å². The summed E-state index contributed by atoms with van der Waals surface area (Å²) in [6.45, 7) is 2.86. The van der Waals surface area contributed by atoms with Gasteiger partial charge in [0.05, 0.1) is 18.5 Å². The van der Waals surface area contributed by atoms with Crippen LogP contribution in [0, 0.1) is 12.8 Å². The summed E-state index contributed by atoms with van der Waals surface area (Å²) in [5.74, 6) is 1.46. The first-order chi connectivity index (χ1) is 9.72. The lowest BCUT2D eigenvalue weighted by Crippen LogP contribution is -2.23. The lowest BCUT2D eigenvalue weighted by atomic mass is 9.86. The number of hydrogen-bond donors (Lipinski definition) is 1. The Morgan fingerprint density at radius 1 is 1.45 bits per heavy atom. The van der Waals surface area contributed by atoms with Crippen LogP contribution in [0.1, 0.15) is 23.4 Å². The Kier molecular flexibility index (Phi) is 3.49. The Labute approximate surface area is 119 Å². The molecule has 0 bridgehead atoms. The van der Waals surface area contributed by atoms with Crippen LogP contribution >= 0.6 is 0 Å². The predicted molar refractivity (Wildman–Crippen MR) is 79.4 cm³/mol. The standard InChI is InChI=1S/C16H21N3O/c1-11-15-8-12(10-17)6-7-16(15)19(18-11)13-4-3-5-14(9-13)20-2/h3-5,9,12H,6-8,10,17H2,1-2H3. The van der Waals surface area contributed by atoms with E-state index in [1.165, 1.54) is 11.3 Å². The third kappa shape index (κ3) is 2.20. The maximum Gasteiger partial charge on any atom is 0.121 e. The van der Waals surface area contributed by atoms with Crippen molar-refractivity contribution in [1.29, 1.82) is 0 Å². The Hall–Kier alpha value is -1.81. The van der Waals surface area contributed by atoms with Gasteiger partial charge in [-0.15, -0.1) is 0 Å². The molecule has 0 radical (unpaired) electrons. The molecule has 20 heavy (non-hydrogen) atoms. The molecule has 1 aromatic carbocycles. The molecule has 1 atom stereocenters. The first kappa shape index (κ1) is 13.2. The molecule has 4 nitrogen and oxygen atoms in total. The highest BCUT2D eigenvalue weighted by atomic mass is 16.5. The molecule has 3 rings (SSSR count). The third-order valence-corrected chi connectivity index (χ3v) is 4.20. The number of methoxy groups -OCH3 is 1. The summed E-state index contributed by atoms with van der Waals surface area (Å²) < 4.78 is 7.37. The van der Waals surface area contributed by atoms with Gasteiger partial charge in [0.15, 0.2) is 0 Å². The van der Waals surface area contributed by atoms with Crippen molar-refractivity contribution < 1.29 is 4.74 Å². The first-order valence-electron chi connectivity index (χ1n) is 7.14. The van der Waals surface area contributed by atoms with E-state index >= 15 is 0 Å². The number of nitrogens with zero attached hydrogens (tertiary/aromatic N) is 2. The van der Waals surface area contributed by atoms with Gasteiger partial charge < -0.3 is 10.5 Å². The average Bonchev–Trinajstić information content (AvgIpc) is 2.84. The number of hydrogen-bond acceptors (Lipinski definition) is 3. The van der Waals surface area contributed by atoms with E-state index in [-0.39, 0.29) is 0 Å². The number of aromatic nitrogens is 2. The van der Waals surface area contributed by atoms with Crippen LogP contribution in [0.3, 0.4) is 0 Å². The number of fused-ring (bicyclic) bond motifs is 1. The van der Waals surface area contributed by atoms with Crippen LogP contribution < -0.4 is 10.5 Å². The summed E-state index contributed by atoms with van der Waals surface area (Å²) >= 11 is 0. The third-order valence-electron chi connectivity index (χ3n) is 4.20. The molecule has 0 saturated carbocycles. The van der Waals surface area contributed by atoms with E-state index in [4.69, 9.17) is 15.6 Å². The van der Waals surface area contributed by atoms with Crippen molar-refractivity contribution in [3.63, 3.8) is 0 Å². The number of aryl methyl sites for hydroxylation is 1. The van der Waals surface area contributed by atoms with Crippen molar-refractivity contribution in [2.75, 3.05) is 13.7 Å². The Bertz CT molecular complexity index is 618. The van der Waals surface area contributed by atoms with Crippen LogP contribution in [0.2, 0.25) is 0 Å². The highest BCUT2D eigenvalue weighted by Gasteiger charge is 2.24. The molecule has 1 heterocycles. The van der Waals surface area contributed by atoms with E-state index in [1.54, 1.807) is 7.11 Å². The van der Waals surface area contributed by atoms with E-state index in [0.717, 1.165) is 42.9 Å². The average molecular weight is 271 g/mol. The zero-order valence-corrected chi connectivity index (χ0v) is 12.1. The fraction of sp³-hybridized carbons (Fsp3) is 0.438. The second kappa shape index (κ2) is 5.29. The minimum absolute atomic E-state index is 0.601. The van der Waals surface area contributed by atoms with Gasteiger partial charge in [0.1, 0.15) is 5.75 Å². The highest BCUT2D eigenvalue weighted by Crippen LogP contribution is 2.30. The quantitative estimate of drug-likeness (QED) is 0.931. The highest BCUT2D eigenvalue weighted by molar-refractivity contribution is 5.43. The maximum absolute atomic E-state index is 5.82. The number of rotatable bonds is 3. The topological polar surface area (TPSA) is 53.1 Å². The zero-order valence-electron chi connectivity index (χ0n) is 12.1. The molecular formula is C16H21N3O. The molecule has 2 aromatic rings. The van der Waals surface area contributed by atoms with Gasteiger partial charge in [0.2, 0.25) is 0 Å². The van der Waals surface area contributed by atoms with Gasteiger partial charge in [-0.2, -0.15) is 5.10 Å². The fourth-order valence-corrected chi connectivity index (χ4v) is 3.02. The van der Waals surface area contributed by atoms with E-state index < -0.39 is 0 Å². The van der Waals surface area contributed by atoms with Crippen molar-refractivity contribution in [3.05, 3.63) is 41.2 Å². The molecule has 1 aliphatic rings. The molecular weight excluding hydrogens is 250 g/mol. The monoisotopic (exact) mass is 271 g/mol. The molecule has 1 unspecified atom stereocenters. The van der Waals surface area contributed by atoms with Crippen molar-refractivity contribution >= 4 is 0 Å². The van der Waals surface area contributed by atoms with E-state index in [9.17, 15) is 0 Å². The lowest BCUT2D eigenvalue weighted by molar-refractivity contribution is 0.414. The van der Waals surface area contributed by atoms with Crippen LogP contribution in [0.15, 0.2) is 24.3 Å². The van der Waals surface area contributed by atoms with Gasteiger partial charge >= 0.3 is 0 Å². The van der Waals surface area contributed by atoms with Crippen molar-refractivity contribution in [2.24, 2.45) is 11.7 Å². The van der Waals surface area contributed by atoms with Gasteiger partial charge in [-0.05, 0) is 56.3 Å². The SMILES string of the molecule is COc1cccc(-n2nc(C)c3c2CCC(CN)C3)c1. The summed E-state index contributed by atoms with van der Waals surface area (Å²) in [6, 6.07) is 8.06. The Morgan fingerprint density at radius 3 is 3.05 bits per heavy atom. The van der Waals surface area contributed by atoms with Crippen LogP contribution in [0.25, 0.3) is 5.69 Å². The smallest absolute Gasteiger partial charge is 0.121 e. The molecule has 0 saturated heterocycles. The van der Waals surface area contributed by atoms with Crippen LogP contribution in [-0.2, 0) is 12.8 Å². The fourth-order valence-electron chi connectivity index (χ4n) is 3.02. The minimum Gasteiger partial charge on any atom is -0.497 e. The lowest BCUT2D eigenvalue weighted by Gasteiger charge is -2.22. The largest absolute Gasteiger partial charge is 0.497 e. The number of nitrogens with two attached hydrogens (primary N) is 1. The molecule has 106 valence electrons. The summed E-state index contributed by atoms with van der Waals surface area (Å²) in [7, 11) is 1.69. The van der Waals surface area contributed by atoms with Crippen molar-refractivity contribution in [2.45, 2.75) is 26.2 Å². The van der Waals surface area contributed by atoms with Gasteiger partial charge in [-0.1, -0.05) is 6.07 Å². The molecule has 0 aliphatic heterocycles. The van der Waals surface area contributed by atoms with Gasteiger partial charge in [-0.3, -0.25) is 0 Å². The van der Waals surface area contributed by atoms with Crippen LogP contribution in [0.4, 0.5) is 0 Å². The number of benzene rings is 1. The van der Waals surface area contributed by atoms with Crippen molar-refractivity contribution in [1.82, 2.24) is 9.78 Å². The molecule has 4 heteroatoms. The summed E-state index contributed by atoms with van der Waals surface area (Å²) in [6.07, 6.45) is 3.26. The molecule has 0 spiro atoms. The first-order valence-corrected chi connectivity index (χ1v) is 7.14. The normalized spacial score (nSPS) is 17.9. The van der Waals surface area contributed by atoms with E-state index in [0.29, 0.717) is 5.92 Å². The van der Waals surface area contributed by atoms with Gasteiger partial charge in [0, 0.05) is 11.8 Å². The molecule has 2 N–H and O–H groups in total. The summed E-state index contributed by atoms with van der Waals surface area (Å²) in [4.78, 5) is 0. The summed E-state index contributed by atoms with van der Waals surface area (Å²) in [5.41, 5.74) is 10.7. The number of ether oxygens (including phenoxy) is 1. The van der Waals surface area contributed by atoms with E-state index in [1.807, 2.05) is 18.2 Å². The molecule has 0 fully saturated rings. The molecule has 1 aliphatic carbocycles. The predicted octanol–water partition coefficient (Wildman–Crippen LogP) is 2.25. The Morgan fingerprint density at radius 2 is 2.30 bits per heavy atom. The Balaban J connectivity index is 2.03.